The van der Waals surface area contributed by atoms with Crippen LogP contribution in [0.25, 0.3) is 0 Å². The molecule has 5 heteroatoms. The van der Waals surface area contributed by atoms with Crippen molar-refractivity contribution >= 4 is 34.0 Å². The third-order valence-electron chi connectivity index (χ3n) is 3.33. The first-order valence-electron chi connectivity index (χ1n) is 5.67. The van der Waals surface area contributed by atoms with Gasteiger partial charge in [-0.3, -0.25) is 4.79 Å². The Kier molecular flexibility index (Phi) is 5.60. The Balaban J connectivity index is 0.000000408. The Hall–Kier alpha value is -0.191. The molecule has 1 N–H and O–H groups in total. The first kappa shape index (κ1) is 15.2. The van der Waals surface area contributed by atoms with Crippen molar-refractivity contribution in [1.82, 2.24) is 0 Å². The Morgan fingerprint density at radius 3 is 2.63 bits per heavy atom. The number of aliphatic hydroxyl groups excluding tert-OH is 1. The molecule has 3 aliphatic carbocycles. The molecule has 0 heterocycles. The monoisotopic (exact) mass is 433 g/mol. The molecule has 0 saturated carbocycles. The number of fused-ring (bicyclic) bond motifs is 3. The summed E-state index contributed by atoms with van der Waals surface area (Å²) >= 11 is 7.38. The van der Waals surface area contributed by atoms with E-state index in [0.29, 0.717) is 0 Å². The molecular weight excluding hydrogens is 424 g/mol. The van der Waals surface area contributed by atoms with Gasteiger partial charge in [-0.05, 0) is 17.2 Å². The van der Waals surface area contributed by atoms with Gasteiger partial charge in [-0.15, -0.1) is 0 Å². The van der Waals surface area contributed by atoms with Crippen LogP contribution in [0.3, 0.4) is 0 Å². The fourth-order valence-electron chi connectivity index (χ4n) is 2.57. The van der Waals surface area contributed by atoms with Crippen LogP contribution in [0.4, 0.5) is 0 Å². The normalized spacial score (nSPS) is 30.9. The van der Waals surface area contributed by atoms with Crippen molar-refractivity contribution in [2.45, 2.75) is 6.10 Å². The molecule has 3 aliphatic rings. The molecule has 0 amide bonds. The van der Waals surface area contributed by atoms with Crippen molar-refractivity contribution in [2.75, 3.05) is 0 Å². The number of ketones is 1. The molecule has 0 bridgehead atoms. The van der Waals surface area contributed by atoms with Gasteiger partial charge in [-0.2, -0.15) is 0 Å². The zero-order chi connectivity index (χ0) is 13.8. The summed E-state index contributed by atoms with van der Waals surface area (Å²) in [7, 11) is 0. The minimum atomic E-state index is -0.676. The fraction of sp³-hybridized carbons (Fsp3) is 0.214. The number of rotatable bonds is 0. The Bertz CT molecular complexity index is 518. The van der Waals surface area contributed by atoms with Gasteiger partial charge in [0.1, 0.15) is 0 Å². The molecule has 0 aromatic carbocycles. The zero-order valence-electron chi connectivity index (χ0n) is 9.76. The van der Waals surface area contributed by atoms with E-state index in [1.165, 1.54) is 11.3 Å². The second-order valence-corrected chi connectivity index (χ2v) is 9.08. The second-order valence-electron chi connectivity index (χ2n) is 4.33. The summed E-state index contributed by atoms with van der Waals surface area (Å²) in [6.45, 7) is 0. The average Bonchev–Trinajstić information content (AvgIpc) is 2.40. The van der Waals surface area contributed by atoms with Crippen molar-refractivity contribution in [3.8, 4) is 0 Å². The summed E-state index contributed by atoms with van der Waals surface area (Å²) in [6.07, 6.45) is 14.4. The molecule has 0 spiro atoms. The SMILES string of the molecule is O=C1C=C2C=CC=CC2C2=CC=CC(O)C12.[Br][Cu][Br]. The topological polar surface area (TPSA) is 37.3 Å². The van der Waals surface area contributed by atoms with Gasteiger partial charge >= 0.3 is 39.6 Å². The van der Waals surface area contributed by atoms with Gasteiger partial charge in [0.15, 0.2) is 5.78 Å². The predicted octanol–water partition coefficient (Wildman–Crippen LogP) is 3.40. The van der Waals surface area contributed by atoms with Gasteiger partial charge < -0.3 is 5.11 Å². The maximum absolute atomic E-state index is 11.9. The molecule has 19 heavy (non-hydrogen) atoms. The van der Waals surface area contributed by atoms with Crippen LogP contribution in [0.1, 0.15) is 0 Å². The Morgan fingerprint density at radius 1 is 1.16 bits per heavy atom. The molecule has 3 unspecified atom stereocenters. The van der Waals surface area contributed by atoms with Crippen LogP contribution >= 0.6 is 28.2 Å². The van der Waals surface area contributed by atoms with E-state index in [4.69, 9.17) is 0 Å². The quantitative estimate of drug-likeness (QED) is 0.592. The first-order chi connectivity index (χ1) is 9.19. The summed E-state index contributed by atoms with van der Waals surface area (Å²) in [6, 6.07) is 0. The molecule has 105 valence electrons. The van der Waals surface area contributed by atoms with Gasteiger partial charge in [-0.1, -0.05) is 42.5 Å². The van der Waals surface area contributed by atoms with E-state index in [2.05, 4.69) is 34.3 Å². The Morgan fingerprint density at radius 2 is 1.89 bits per heavy atom. The van der Waals surface area contributed by atoms with Gasteiger partial charge in [0.2, 0.25) is 0 Å². The molecule has 0 fully saturated rings. The van der Waals surface area contributed by atoms with Crippen molar-refractivity contribution in [3.63, 3.8) is 0 Å². The van der Waals surface area contributed by atoms with Crippen molar-refractivity contribution in [3.05, 3.63) is 59.8 Å². The van der Waals surface area contributed by atoms with Crippen LogP contribution in [-0.2, 0) is 16.1 Å². The van der Waals surface area contributed by atoms with Crippen molar-refractivity contribution < 1.29 is 21.2 Å². The molecule has 3 atom stereocenters. The summed E-state index contributed by atoms with van der Waals surface area (Å²) < 4.78 is 0. The standard InChI is InChI=1S/C14H12O2.2BrH.Cu/c15-12-7-3-6-11-10-5-2-1-4-9(10)8-13(16)14(11)12;;;/h1-8,10,12,14-15H;2*1H;/q;;;+2/p-2. The van der Waals surface area contributed by atoms with Crippen LogP contribution in [0.15, 0.2) is 59.8 Å². The van der Waals surface area contributed by atoms with Crippen LogP contribution in [0.5, 0.6) is 0 Å². The van der Waals surface area contributed by atoms with Gasteiger partial charge in [-0.25, -0.2) is 0 Å². The molecule has 3 rings (SSSR count). The van der Waals surface area contributed by atoms with E-state index < -0.39 is 6.10 Å². The summed E-state index contributed by atoms with van der Waals surface area (Å²) in [5, 5.41) is 9.85. The van der Waals surface area contributed by atoms with Gasteiger partial charge in [0.25, 0.3) is 0 Å². The number of aliphatic hydroxyl groups is 1. The van der Waals surface area contributed by atoms with E-state index in [0.717, 1.165) is 11.1 Å². The van der Waals surface area contributed by atoms with E-state index in [1.54, 1.807) is 12.2 Å². The average molecular weight is 436 g/mol. The third-order valence-corrected chi connectivity index (χ3v) is 3.33. The molecule has 0 aromatic heterocycles. The molecule has 0 saturated heterocycles. The number of carbonyl (C=O) groups is 1. The van der Waals surface area contributed by atoms with Crippen LogP contribution < -0.4 is 0 Å². The summed E-state index contributed by atoms with van der Waals surface area (Å²) in [4.78, 5) is 11.9. The van der Waals surface area contributed by atoms with Gasteiger partial charge in [0, 0.05) is 5.92 Å². The van der Waals surface area contributed by atoms with Gasteiger partial charge in [0.05, 0.1) is 12.0 Å². The van der Waals surface area contributed by atoms with Crippen LogP contribution in [-0.4, -0.2) is 17.0 Å². The molecule has 2 nitrogen and oxygen atoms in total. The van der Waals surface area contributed by atoms with E-state index in [1.807, 2.05) is 30.4 Å². The van der Waals surface area contributed by atoms with Crippen LogP contribution in [0.2, 0.25) is 0 Å². The van der Waals surface area contributed by atoms with E-state index in [9.17, 15) is 9.90 Å². The number of allylic oxidation sites excluding steroid dienone is 8. The van der Waals surface area contributed by atoms with E-state index >= 15 is 0 Å². The molecule has 0 radical (unpaired) electrons. The fourth-order valence-corrected chi connectivity index (χ4v) is 2.57. The van der Waals surface area contributed by atoms with Crippen molar-refractivity contribution in [2.24, 2.45) is 11.8 Å². The van der Waals surface area contributed by atoms with Crippen LogP contribution in [0, 0.1) is 11.8 Å². The summed E-state index contributed by atoms with van der Waals surface area (Å²) in [5.41, 5.74) is 2.04. The maximum atomic E-state index is 11.9. The van der Waals surface area contributed by atoms with Crippen molar-refractivity contribution in [1.29, 1.82) is 0 Å². The van der Waals surface area contributed by atoms with E-state index in [-0.39, 0.29) is 17.6 Å². The molecule has 0 aliphatic heterocycles. The minimum absolute atomic E-state index is 0.00861. The number of halogens is 2. The first-order valence-corrected chi connectivity index (χ1v) is 10.3. The third kappa shape index (κ3) is 3.29. The molecule has 0 aromatic rings. The number of hydrogen-bond acceptors (Lipinski definition) is 2. The second kappa shape index (κ2) is 7.00. The molecular formula is C14H12Br2CuO2. The zero-order valence-corrected chi connectivity index (χ0v) is 13.9. The number of carbonyl (C=O) groups excluding carboxylic acids is 1. The number of hydrogen-bond donors (Lipinski definition) is 1. The summed E-state index contributed by atoms with van der Waals surface area (Å²) in [5.74, 6) is -0.212. The predicted molar refractivity (Wildman–Crippen MR) is 79.4 cm³/mol. The Labute approximate surface area is 132 Å².